The largest absolute Gasteiger partial charge is 0.481 e. The van der Waals surface area contributed by atoms with Crippen LogP contribution in [0.1, 0.15) is 24.1 Å². The van der Waals surface area contributed by atoms with Crippen LogP contribution in [-0.4, -0.2) is 21.6 Å². The standard InChI is InChI=1S/C14H15N3O3/c1-20-13-6-5-12-14(15-13)10(7-9-17(18)19)11-4-2-3-8-16(11)12/h5-7,9H,2-4,8H2,1H3. The number of methoxy groups -OCH3 is 1. The molecule has 0 spiro atoms. The summed E-state index contributed by atoms with van der Waals surface area (Å²) in [6.45, 7) is 0.937. The minimum atomic E-state index is -0.446. The second-order valence-corrected chi connectivity index (χ2v) is 4.79. The SMILES string of the molecule is COc1ccc2c(n1)c(C=C[N+](=O)[O-])c1n2CCCC1. The van der Waals surface area contributed by atoms with Crippen LogP contribution in [0.4, 0.5) is 0 Å². The Labute approximate surface area is 115 Å². The lowest BCUT2D eigenvalue weighted by molar-refractivity contribution is -0.400. The first-order chi connectivity index (χ1) is 9.70. The van der Waals surface area contributed by atoms with Gasteiger partial charge in [-0.1, -0.05) is 0 Å². The van der Waals surface area contributed by atoms with Gasteiger partial charge >= 0.3 is 0 Å². The highest BCUT2D eigenvalue weighted by molar-refractivity contribution is 5.88. The van der Waals surface area contributed by atoms with E-state index in [0.29, 0.717) is 5.88 Å². The lowest BCUT2D eigenvalue weighted by Gasteiger charge is -2.16. The summed E-state index contributed by atoms with van der Waals surface area (Å²) in [5.74, 6) is 0.524. The van der Waals surface area contributed by atoms with Crippen molar-refractivity contribution in [2.45, 2.75) is 25.8 Å². The number of aromatic nitrogens is 2. The van der Waals surface area contributed by atoms with E-state index >= 15 is 0 Å². The second kappa shape index (κ2) is 4.96. The van der Waals surface area contributed by atoms with E-state index in [1.807, 2.05) is 12.1 Å². The molecule has 1 aliphatic rings. The van der Waals surface area contributed by atoms with Crippen LogP contribution >= 0.6 is 0 Å². The molecule has 0 N–H and O–H groups in total. The summed E-state index contributed by atoms with van der Waals surface area (Å²) >= 11 is 0. The fourth-order valence-electron chi connectivity index (χ4n) is 2.79. The Bertz CT molecular complexity index is 703. The van der Waals surface area contributed by atoms with Gasteiger partial charge in [-0.3, -0.25) is 10.1 Å². The molecule has 0 fully saturated rings. The van der Waals surface area contributed by atoms with Gasteiger partial charge in [0.1, 0.15) is 0 Å². The quantitative estimate of drug-likeness (QED) is 0.636. The van der Waals surface area contributed by atoms with Crippen molar-refractivity contribution in [2.75, 3.05) is 7.11 Å². The Kier molecular flexibility index (Phi) is 3.14. The normalized spacial score (nSPS) is 14.7. The van der Waals surface area contributed by atoms with Gasteiger partial charge in [-0.25, -0.2) is 4.98 Å². The highest BCUT2D eigenvalue weighted by Gasteiger charge is 2.20. The molecular formula is C14H15N3O3. The Morgan fingerprint density at radius 2 is 2.30 bits per heavy atom. The van der Waals surface area contributed by atoms with E-state index in [1.165, 1.54) is 0 Å². The summed E-state index contributed by atoms with van der Waals surface area (Å²) in [7, 11) is 1.57. The van der Waals surface area contributed by atoms with Crippen molar-refractivity contribution < 1.29 is 9.66 Å². The lowest BCUT2D eigenvalue weighted by atomic mass is 10.1. The number of pyridine rings is 1. The number of nitrogens with zero attached hydrogens (tertiary/aromatic N) is 3. The van der Waals surface area contributed by atoms with E-state index in [0.717, 1.165) is 54.3 Å². The molecule has 0 unspecified atom stereocenters. The van der Waals surface area contributed by atoms with Crippen molar-refractivity contribution in [3.63, 3.8) is 0 Å². The summed E-state index contributed by atoms with van der Waals surface area (Å²) < 4.78 is 7.37. The third-order valence-electron chi connectivity index (χ3n) is 3.65. The molecule has 0 saturated heterocycles. The van der Waals surface area contributed by atoms with Crippen LogP contribution in [0.5, 0.6) is 5.88 Å². The van der Waals surface area contributed by atoms with Crippen LogP contribution in [0.25, 0.3) is 17.1 Å². The predicted octanol–water partition coefficient (Wildman–Crippen LogP) is 2.63. The van der Waals surface area contributed by atoms with Gasteiger partial charge in [0.15, 0.2) is 0 Å². The van der Waals surface area contributed by atoms with E-state index in [-0.39, 0.29) is 0 Å². The molecule has 2 aromatic rings. The van der Waals surface area contributed by atoms with E-state index in [4.69, 9.17) is 4.74 Å². The maximum absolute atomic E-state index is 10.6. The average molecular weight is 273 g/mol. The number of aryl methyl sites for hydroxylation is 1. The highest BCUT2D eigenvalue weighted by atomic mass is 16.6. The molecule has 6 heteroatoms. The van der Waals surface area contributed by atoms with Crippen LogP contribution in [-0.2, 0) is 13.0 Å². The fourth-order valence-corrected chi connectivity index (χ4v) is 2.79. The molecule has 0 aromatic carbocycles. The number of fused-ring (bicyclic) bond motifs is 3. The summed E-state index contributed by atoms with van der Waals surface area (Å²) in [4.78, 5) is 14.6. The molecule has 3 heterocycles. The zero-order chi connectivity index (χ0) is 14.1. The zero-order valence-corrected chi connectivity index (χ0v) is 11.2. The van der Waals surface area contributed by atoms with Gasteiger partial charge in [-0.2, -0.15) is 0 Å². The molecular weight excluding hydrogens is 258 g/mol. The monoisotopic (exact) mass is 273 g/mol. The summed E-state index contributed by atoms with van der Waals surface area (Å²) in [6, 6.07) is 3.80. The zero-order valence-electron chi connectivity index (χ0n) is 11.2. The molecule has 1 aliphatic heterocycles. The van der Waals surface area contributed by atoms with Gasteiger partial charge in [0.25, 0.3) is 0 Å². The van der Waals surface area contributed by atoms with E-state index in [9.17, 15) is 10.1 Å². The maximum atomic E-state index is 10.6. The Balaban J connectivity index is 2.25. The molecule has 0 aliphatic carbocycles. The van der Waals surface area contributed by atoms with Crippen LogP contribution in [0, 0.1) is 10.1 Å². The first kappa shape index (κ1) is 12.7. The van der Waals surface area contributed by atoms with E-state index < -0.39 is 4.92 Å². The van der Waals surface area contributed by atoms with Gasteiger partial charge < -0.3 is 9.30 Å². The molecule has 104 valence electrons. The third-order valence-corrected chi connectivity index (χ3v) is 3.65. The molecule has 0 radical (unpaired) electrons. The third kappa shape index (κ3) is 2.03. The van der Waals surface area contributed by atoms with E-state index in [1.54, 1.807) is 13.2 Å². The summed E-state index contributed by atoms with van der Waals surface area (Å²) in [5.41, 5.74) is 3.77. The van der Waals surface area contributed by atoms with Crippen LogP contribution in [0.15, 0.2) is 18.3 Å². The summed E-state index contributed by atoms with van der Waals surface area (Å²) in [6.07, 6.45) is 5.68. The Morgan fingerprint density at radius 1 is 1.45 bits per heavy atom. The molecule has 6 nitrogen and oxygen atoms in total. The maximum Gasteiger partial charge on any atom is 0.235 e. The predicted molar refractivity (Wildman–Crippen MR) is 75.3 cm³/mol. The highest BCUT2D eigenvalue weighted by Crippen LogP contribution is 2.31. The van der Waals surface area contributed by atoms with Crippen molar-refractivity contribution >= 4 is 17.1 Å². The van der Waals surface area contributed by atoms with Crippen LogP contribution in [0.3, 0.4) is 0 Å². The molecule has 0 saturated carbocycles. The van der Waals surface area contributed by atoms with Crippen molar-refractivity contribution in [1.82, 2.24) is 9.55 Å². The number of hydrogen-bond acceptors (Lipinski definition) is 4. The topological polar surface area (TPSA) is 70.2 Å². The summed E-state index contributed by atoms with van der Waals surface area (Å²) in [5, 5.41) is 10.6. The minimum absolute atomic E-state index is 0.446. The molecule has 3 rings (SSSR count). The average Bonchev–Trinajstić information content (AvgIpc) is 2.78. The number of rotatable bonds is 3. The number of ether oxygens (including phenoxy) is 1. The molecule has 0 amide bonds. The van der Waals surface area contributed by atoms with Crippen molar-refractivity contribution in [2.24, 2.45) is 0 Å². The van der Waals surface area contributed by atoms with Gasteiger partial charge in [-0.05, 0) is 25.3 Å². The first-order valence-electron chi connectivity index (χ1n) is 6.58. The van der Waals surface area contributed by atoms with Gasteiger partial charge in [-0.15, -0.1) is 0 Å². The first-order valence-corrected chi connectivity index (χ1v) is 6.58. The van der Waals surface area contributed by atoms with Crippen LogP contribution in [0.2, 0.25) is 0 Å². The second-order valence-electron chi connectivity index (χ2n) is 4.79. The minimum Gasteiger partial charge on any atom is -0.481 e. The van der Waals surface area contributed by atoms with Crippen molar-refractivity contribution in [3.05, 3.63) is 39.7 Å². The number of hydrogen-bond donors (Lipinski definition) is 0. The lowest BCUT2D eigenvalue weighted by Crippen LogP contribution is -2.10. The molecule has 2 aromatic heterocycles. The molecule has 0 bridgehead atoms. The van der Waals surface area contributed by atoms with Crippen molar-refractivity contribution in [3.8, 4) is 5.88 Å². The van der Waals surface area contributed by atoms with Gasteiger partial charge in [0, 0.05) is 29.9 Å². The number of nitro groups is 1. The van der Waals surface area contributed by atoms with Crippen molar-refractivity contribution in [1.29, 1.82) is 0 Å². The van der Waals surface area contributed by atoms with Gasteiger partial charge in [0.05, 0.1) is 23.1 Å². The molecule has 20 heavy (non-hydrogen) atoms. The van der Waals surface area contributed by atoms with Crippen LogP contribution < -0.4 is 4.74 Å². The van der Waals surface area contributed by atoms with E-state index in [2.05, 4.69) is 9.55 Å². The molecule has 0 atom stereocenters. The smallest absolute Gasteiger partial charge is 0.235 e. The van der Waals surface area contributed by atoms with Gasteiger partial charge in [0.2, 0.25) is 12.1 Å². The Morgan fingerprint density at radius 3 is 3.05 bits per heavy atom. The fraction of sp³-hybridized carbons (Fsp3) is 0.357. The Hall–Kier alpha value is -2.37.